The molecule has 0 fully saturated rings. The summed E-state index contributed by atoms with van der Waals surface area (Å²) < 4.78 is 0. The molecule has 2 rings (SSSR count). The number of aryl methyl sites for hydroxylation is 2. The molecule has 0 aliphatic rings. The number of hydrogen-bond donors (Lipinski definition) is 2. The summed E-state index contributed by atoms with van der Waals surface area (Å²) in [7, 11) is 0. The van der Waals surface area contributed by atoms with Gasteiger partial charge in [-0.05, 0) is 54.7 Å². The van der Waals surface area contributed by atoms with Crippen LogP contribution in [0, 0.1) is 0 Å². The van der Waals surface area contributed by atoms with Gasteiger partial charge >= 0.3 is 0 Å². The second-order valence-corrected chi connectivity index (χ2v) is 5.83. The Kier molecular flexibility index (Phi) is 5.96. The highest BCUT2D eigenvalue weighted by Crippen LogP contribution is 2.17. The quantitative estimate of drug-likeness (QED) is 0.771. The molecule has 116 valence electrons. The minimum atomic E-state index is 0.180. The van der Waals surface area contributed by atoms with Gasteiger partial charge in [-0.25, -0.2) is 0 Å². The zero-order valence-corrected chi connectivity index (χ0v) is 14.3. The number of nitrogens with one attached hydrogen (secondary N) is 2. The first-order valence-corrected chi connectivity index (χ1v) is 8.29. The highest BCUT2D eigenvalue weighted by Gasteiger charge is 2.08. The molecular weight excluding hydrogens is 288 g/mol. The molecule has 3 heteroatoms. The Morgan fingerprint density at radius 2 is 1.68 bits per heavy atom. The van der Waals surface area contributed by atoms with Gasteiger partial charge in [-0.3, -0.25) is 0 Å². The fraction of sp³-hybridized carbons (Fsp3) is 0.316. The van der Waals surface area contributed by atoms with Crippen molar-refractivity contribution in [2.75, 3.05) is 5.32 Å². The third-order valence-electron chi connectivity index (χ3n) is 3.88. The second-order valence-electron chi connectivity index (χ2n) is 5.43. The molecule has 1 unspecified atom stereocenters. The maximum atomic E-state index is 5.45. The van der Waals surface area contributed by atoms with Gasteiger partial charge in [0, 0.05) is 5.69 Å². The number of rotatable bonds is 5. The van der Waals surface area contributed by atoms with E-state index in [2.05, 4.69) is 73.9 Å². The topological polar surface area (TPSA) is 24.1 Å². The average Bonchev–Trinajstić information content (AvgIpc) is 2.55. The fourth-order valence-corrected chi connectivity index (χ4v) is 2.72. The number of benzene rings is 2. The molecule has 0 amide bonds. The van der Waals surface area contributed by atoms with E-state index in [1.165, 1.54) is 16.7 Å². The fourth-order valence-electron chi connectivity index (χ4n) is 2.43. The summed E-state index contributed by atoms with van der Waals surface area (Å²) in [6.07, 6.45) is 2.05. The molecule has 0 saturated heterocycles. The highest BCUT2D eigenvalue weighted by atomic mass is 32.1. The van der Waals surface area contributed by atoms with E-state index >= 15 is 0 Å². The summed E-state index contributed by atoms with van der Waals surface area (Å²) >= 11 is 5.45. The van der Waals surface area contributed by atoms with Crippen LogP contribution in [0.15, 0.2) is 48.5 Å². The lowest BCUT2D eigenvalue weighted by atomic mass is 10.1. The Balaban J connectivity index is 1.98. The minimum absolute atomic E-state index is 0.180. The molecule has 0 aliphatic carbocycles. The zero-order chi connectivity index (χ0) is 15.9. The smallest absolute Gasteiger partial charge is 0.171 e. The lowest BCUT2D eigenvalue weighted by molar-refractivity contribution is 0.722. The van der Waals surface area contributed by atoms with Crippen molar-refractivity contribution in [3.05, 3.63) is 65.2 Å². The Labute approximate surface area is 139 Å². The Morgan fingerprint density at radius 3 is 2.32 bits per heavy atom. The Morgan fingerprint density at radius 1 is 1.00 bits per heavy atom. The molecule has 2 nitrogen and oxygen atoms in total. The van der Waals surface area contributed by atoms with Crippen LogP contribution in [0.3, 0.4) is 0 Å². The third-order valence-corrected chi connectivity index (χ3v) is 4.10. The predicted molar refractivity (Wildman–Crippen MR) is 99.4 cm³/mol. The largest absolute Gasteiger partial charge is 0.356 e. The number of anilines is 1. The Bertz CT molecular complexity index is 620. The molecule has 0 saturated carbocycles. The maximum Gasteiger partial charge on any atom is 0.171 e. The van der Waals surface area contributed by atoms with Crippen LogP contribution in [0.1, 0.15) is 43.5 Å². The first kappa shape index (κ1) is 16.5. The number of hydrogen-bond acceptors (Lipinski definition) is 1. The monoisotopic (exact) mass is 312 g/mol. The van der Waals surface area contributed by atoms with Gasteiger partial charge in [0.2, 0.25) is 0 Å². The molecule has 2 N–H and O–H groups in total. The lowest BCUT2D eigenvalue weighted by Gasteiger charge is -2.19. The maximum absolute atomic E-state index is 5.45. The van der Waals surface area contributed by atoms with Gasteiger partial charge in [0.05, 0.1) is 6.04 Å². The molecule has 22 heavy (non-hydrogen) atoms. The lowest BCUT2D eigenvalue weighted by Crippen LogP contribution is -2.31. The van der Waals surface area contributed by atoms with Crippen molar-refractivity contribution in [1.82, 2.24) is 5.32 Å². The van der Waals surface area contributed by atoms with E-state index in [1.54, 1.807) is 0 Å². The normalized spacial score (nSPS) is 11.8. The molecule has 0 radical (unpaired) electrons. The van der Waals surface area contributed by atoms with Gasteiger partial charge in [0.15, 0.2) is 5.11 Å². The summed E-state index contributed by atoms with van der Waals surface area (Å²) in [5.74, 6) is 0. The molecule has 0 aliphatic heterocycles. The summed E-state index contributed by atoms with van der Waals surface area (Å²) in [5, 5.41) is 7.32. The number of para-hydroxylation sites is 1. The van der Waals surface area contributed by atoms with E-state index in [9.17, 15) is 0 Å². The Hall–Kier alpha value is -1.87. The van der Waals surface area contributed by atoms with Crippen LogP contribution in [-0.4, -0.2) is 5.11 Å². The van der Waals surface area contributed by atoms with E-state index in [-0.39, 0.29) is 6.04 Å². The van der Waals surface area contributed by atoms with Crippen molar-refractivity contribution in [2.45, 2.75) is 39.7 Å². The van der Waals surface area contributed by atoms with E-state index in [0.29, 0.717) is 5.11 Å². The van der Waals surface area contributed by atoms with Crippen molar-refractivity contribution < 1.29 is 0 Å². The first-order chi connectivity index (χ1) is 10.6. The zero-order valence-electron chi connectivity index (χ0n) is 13.5. The average molecular weight is 312 g/mol. The van der Waals surface area contributed by atoms with Gasteiger partial charge < -0.3 is 10.6 Å². The van der Waals surface area contributed by atoms with Crippen LogP contribution in [-0.2, 0) is 12.8 Å². The first-order valence-electron chi connectivity index (χ1n) is 7.88. The SMILES string of the molecule is CCc1ccc(C(C)NC(=S)Nc2ccccc2CC)cc1. The standard InChI is InChI=1S/C19H24N2S/c1-4-15-10-12-17(13-11-15)14(3)20-19(22)21-18-9-7-6-8-16(18)5-2/h6-14H,4-5H2,1-3H3,(H2,20,21,22). The van der Waals surface area contributed by atoms with Crippen LogP contribution in [0.2, 0.25) is 0 Å². The molecule has 2 aromatic rings. The van der Waals surface area contributed by atoms with Crippen molar-refractivity contribution in [1.29, 1.82) is 0 Å². The third kappa shape index (κ3) is 4.31. The predicted octanol–water partition coefficient (Wildman–Crippen LogP) is 4.86. The summed E-state index contributed by atoms with van der Waals surface area (Å²) in [4.78, 5) is 0. The van der Waals surface area contributed by atoms with E-state index in [4.69, 9.17) is 12.2 Å². The van der Waals surface area contributed by atoms with Gasteiger partial charge in [0.1, 0.15) is 0 Å². The van der Waals surface area contributed by atoms with E-state index in [1.807, 2.05) is 6.07 Å². The van der Waals surface area contributed by atoms with Crippen LogP contribution >= 0.6 is 12.2 Å². The van der Waals surface area contributed by atoms with Crippen LogP contribution in [0.5, 0.6) is 0 Å². The summed E-state index contributed by atoms with van der Waals surface area (Å²) in [6, 6.07) is 17.1. The van der Waals surface area contributed by atoms with Crippen molar-refractivity contribution >= 4 is 23.0 Å². The van der Waals surface area contributed by atoms with E-state index < -0.39 is 0 Å². The molecule has 2 aromatic carbocycles. The summed E-state index contributed by atoms with van der Waals surface area (Å²) in [6.45, 7) is 6.44. The molecule has 1 atom stereocenters. The van der Waals surface area contributed by atoms with E-state index in [0.717, 1.165) is 18.5 Å². The van der Waals surface area contributed by atoms with Crippen molar-refractivity contribution in [3.63, 3.8) is 0 Å². The second kappa shape index (κ2) is 7.95. The minimum Gasteiger partial charge on any atom is -0.356 e. The molecular formula is C19H24N2S. The van der Waals surface area contributed by atoms with Crippen LogP contribution in [0.4, 0.5) is 5.69 Å². The molecule has 0 bridgehead atoms. The van der Waals surface area contributed by atoms with Crippen molar-refractivity contribution in [3.8, 4) is 0 Å². The van der Waals surface area contributed by atoms with Gasteiger partial charge in [-0.1, -0.05) is 56.3 Å². The number of thiocarbonyl (C=S) groups is 1. The highest BCUT2D eigenvalue weighted by molar-refractivity contribution is 7.80. The van der Waals surface area contributed by atoms with Crippen LogP contribution in [0.25, 0.3) is 0 Å². The molecule has 0 aromatic heterocycles. The van der Waals surface area contributed by atoms with Gasteiger partial charge in [-0.15, -0.1) is 0 Å². The molecule has 0 spiro atoms. The van der Waals surface area contributed by atoms with Gasteiger partial charge in [0.25, 0.3) is 0 Å². The van der Waals surface area contributed by atoms with Crippen LogP contribution < -0.4 is 10.6 Å². The molecule has 0 heterocycles. The van der Waals surface area contributed by atoms with Gasteiger partial charge in [-0.2, -0.15) is 0 Å². The van der Waals surface area contributed by atoms with Crippen molar-refractivity contribution in [2.24, 2.45) is 0 Å². The summed E-state index contributed by atoms with van der Waals surface area (Å²) in [5.41, 5.74) is 4.95.